The third kappa shape index (κ3) is 3.91. The van der Waals surface area contributed by atoms with Gasteiger partial charge >= 0.3 is 5.97 Å². The van der Waals surface area contributed by atoms with E-state index in [0.29, 0.717) is 18.0 Å². The van der Waals surface area contributed by atoms with E-state index in [1.165, 1.54) is 12.1 Å². The number of rotatable bonds is 6. The highest BCUT2D eigenvalue weighted by atomic mass is 32.1. The standard InChI is InChI=1S/C14H16FN3O2S/c1-2-20-14(19)11-12(16)18-21-13(11)17-8-7-9-3-5-10(15)6-4-9/h3-6,17H,2,7-8H2,1H3,(H2,16,18). The number of nitrogen functional groups attached to an aromatic ring is 1. The van der Waals surface area contributed by atoms with Gasteiger partial charge in [-0.2, -0.15) is 4.37 Å². The van der Waals surface area contributed by atoms with Crippen LogP contribution in [0.4, 0.5) is 15.2 Å². The molecule has 0 aliphatic carbocycles. The Kier molecular flexibility index (Phi) is 5.10. The van der Waals surface area contributed by atoms with Crippen molar-refractivity contribution in [3.63, 3.8) is 0 Å². The summed E-state index contributed by atoms with van der Waals surface area (Å²) in [5.74, 6) is -0.567. The van der Waals surface area contributed by atoms with E-state index in [1.54, 1.807) is 19.1 Å². The Morgan fingerprint density at radius 2 is 2.14 bits per heavy atom. The van der Waals surface area contributed by atoms with Crippen LogP contribution in [0.15, 0.2) is 24.3 Å². The van der Waals surface area contributed by atoms with Crippen LogP contribution in [0, 0.1) is 5.82 Å². The molecule has 0 saturated carbocycles. The minimum atomic E-state index is -0.479. The number of nitrogens with one attached hydrogen (secondary N) is 1. The van der Waals surface area contributed by atoms with Crippen LogP contribution in [0.1, 0.15) is 22.8 Å². The topological polar surface area (TPSA) is 77.2 Å². The molecule has 1 aromatic heterocycles. The Balaban J connectivity index is 1.97. The SMILES string of the molecule is CCOC(=O)c1c(N)nsc1NCCc1ccc(F)cc1. The number of carbonyl (C=O) groups excluding carboxylic acids is 1. The van der Waals surface area contributed by atoms with Gasteiger partial charge < -0.3 is 15.8 Å². The molecule has 0 unspecified atom stereocenters. The molecule has 7 heteroatoms. The Morgan fingerprint density at radius 1 is 1.43 bits per heavy atom. The predicted octanol–water partition coefficient (Wildman–Crippen LogP) is 2.70. The molecule has 0 aliphatic heterocycles. The van der Waals surface area contributed by atoms with Crippen molar-refractivity contribution in [3.05, 3.63) is 41.2 Å². The average molecular weight is 309 g/mol. The normalized spacial score (nSPS) is 10.4. The van der Waals surface area contributed by atoms with Crippen LogP contribution in [0.3, 0.4) is 0 Å². The lowest BCUT2D eigenvalue weighted by molar-refractivity contribution is 0.0529. The molecule has 0 atom stereocenters. The number of nitrogens with two attached hydrogens (primary N) is 1. The van der Waals surface area contributed by atoms with Crippen molar-refractivity contribution in [2.45, 2.75) is 13.3 Å². The van der Waals surface area contributed by atoms with E-state index in [9.17, 15) is 9.18 Å². The van der Waals surface area contributed by atoms with Gasteiger partial charge in [-0.15, -0.1) is 0 Å². The molecule has 0 radical (unpaired) electrons. The Bertz CT molecular complexity index is 613. The summed E-state index contributed by atoms with van der Waals surface area (Å²) in [6, 6.07) is 6.29. The molecule has 0 bridgehead atoms. The van der Waals surface area contributed by atoms with Crippen LogP contribution in [0.5, 0.6) is 0 Å². The zero-order chi connectivity index (χ0) is 15.2. The van der Waals surface area contributed by atoms with Gasteiger partial charge in [0, 0.05) is 6.54 Å². The van der Waals surface area contributed by atoms with Crippen LogP contribution in [-0.4, -0.2) is 23.5 Å². The second-order valence-corrected chi connectivity index (χ2v) is 5.07. The second-order valence-electron chi connectivity index (χ2n) is 4.30. The van der Waals surface area contributed by atoms with Crippen molar-refractivity contribution in [3.8, 4) is 0 Å². The summed E-state index contributed by atoms with van der Waals surface area (Å²) in [4.78, 5) is 11.8. The van der Waals surface area contributed by atoms with E-state index in [1.807, 2.05) is 0 Å². The summed E-state index contributed by atoms with van der Waals surface area (Å²) in [5, 5.41) is 3.71. The molecule has 0 saturated heterocycles. The van der Waals surface area contributed by atoms with Crippen molar-refractivity contribution in [1.29, 1.82) is 0 Å². The van der Waals surface area contributed by atoms with E-state index in [2.05, 4.69) is 9.69 Å². The van der Waals surface area contributed by atoms with Crippen LogP contribution in [0.2, 0.25) is 0 Å². The molecule has 3 N–H and O–H groups in total. The Morgan fingerprint density at radius 3 is 2.81 bits per heavy atom. The van der Waals surface area contributed by atoms with Crippen LogP contribution >= 0.6 is 11.5 Å². The smallest absolute Gasteiger partial charge is 0.344 e. The third-order valence-corrected chi connectivity index (χ3v) is 3.63. The molecule has 0 aliphatic rings. The maximum atomic E-state index is 12.8. The van der Waals surface area contributed by atoms with E-state index < -0.39 is 5.97 Å². The first-order valence-corrected chi connectivity index (χ1v) is 7.29. The zero-order valence-electron chi connectivity index (χ0n) is 11.6. The molecule has 2 rings (SSSR count). The summed E-state index contributed by atoms with van der Waals surface area (Å²) in [6.07, 6.45) is 0.695. The number of halogens is 1. The Labute approximate surface area is 126 Å². The molecule has 112 valence electrons. The Hall–Kier alpha value is -2.15. The zero-order valence-corrected chi connectivity index (χ0v) is 12.4. The van der Waals surface area contributed by atoms with Crippen molar-refractivity contribution in [2.24, 2.45) is 0 Å². The minimum Gasteiger partial charge on any atom is -0.462 e. The number of carbonyl (C=O) groups is 1. The van der Waals surface area contributed by atoms with Gasteiger partial charge in [0.15, 0.2) is 5.82 Å². The van der Waals surface area contributed by atoms with Crippen LogP contribution < -0.4 is 11.1 Å². The molecule has 0 fully saturated rings. The highest BCUT2D eigenvalue weighted by molar-refractivity contribution is 7.11. The van der Waals surface area contributed by atoms with Gasteiger partial charge in [0.05, 0.1) is 6.61 Å². The largest absolute Gasteiger partial charge is 0.462 e. The summed E-state index contributed by atoms with van der Waals surface area (Å²) in [5.41, 5.74) is 6.97. The molecule has 21 heavy (non-hydrogen) atoms. The number of aromatic nitrogens is 1. The monoisotopic (exact) mass is 309 g/mol. The number of hydrogen-bond acceptors (Lipinski definition) is 6. The number of hydrogen-bond donors (Lipinski definition) is 2. The maximum Gasteiger partial charge on any atom is 0.344 e. The van der Waals surface area contributed by atoms with Crippen LogP contribution in [0.25, 0.3) is 0 Å². The fourth-order valence-electron chi connectivity index (χ4n) is 1.80. The number of anilines is 2. The van der Waals surface area contributed by atoms with Crippen molar-refractivity contribution in [2.75, 3.05) is 24.2 Å². The first kappa shape index (κ1) is 15.2. The van der Waals surface area contributed by atoms with Crippen LogP contribution in [-0.2, 0) is 11.2 Å². The lowest BCUT2D eigenvalue weighted by atomic mass is 10.1. The minimum absolute atomic E-state index is 0.169. The number of ether oxygens (including phenoxy) is 1. The van der Waals surface area contributed by atoms with Gasteiger partial charge in [-0.3, -0.25) is 0 Å². The van der Waals surface area contributed by atoms with E-state index in [-0.39, 0.29) is 23.8 Å². The first-order chi connectivity index (χ1) is 10.1. The number of nitrogens with zero attached hydrogens (tertiary/aromatic N) is 1. The molecule has 2 aromatic rings. The second kappa shape index (κ2) is 7.03. The predicted molar refractivity (Wildman–Crippen MR) is 81.1 cm³/mol. The third-order valence-electron chi connectivity index (χ3n) is 2.81. The van der Waals surface area contributed by atoms with E-state index in [0.717, 1.165) is 17.1 Å². The average Bonchev–Trinajstić information content (AvgIpc) is 2.82. The van der Waals surface area contributed by atoms with E-state index in [4.69, 9.17) is 10.5 Å². The van der Waals surface area contributed by atoms with Crippen molar-refractivity contribution >= 4 is 28.3 Å². The van der Waals surface area contributed by atoms with E-state index >= 15 is 0 Å². The lowest BCUT2D eigenvalue weighted by Gasteiger charge is -2.07. The highest BCUT2D eigenvalue weighted by Gasteiger charge is 2.20. The quantitative estimate of drug-likeness (QED) is 0.802. The molecule has 0 spiro atoms. The maximum absolute atomic E-state index is 12.8. The van der Waals surface area contributed by atoms with Gasteiger partial charge in [0.25, 0.3) is 0 Å². The van der Waals surface area contributed by atoms with Gasteiger partial charge in [-0.25, -0.2) is 9.18 Å². The molecular weight excluding hydrogens is 293 g/mol. The first-order valence-electron chi connectivity index (χ1n) is 6.52. The summed E-state index contributed by atoms with van der Waals surface area (Å²) >= 11 is 1.12. The molecule has 0 amide bonds. The summed E-state index contributed by atoms with van der Waals surface area (Å²) in [7, 11) is 0. The summed E-state index contributed by atoms with van der Waals surface area (Å²) in [6.45, 7) is 2.60. The molecule has 5 nitrogen and oxygen atoms in total. The van der Waals surface area contributed by atoms with Crippen molar-refractivity contribution < 1.29 is 13.9 Å². The molecular formula is C14H16FN3O2S. The van der Waals surface area contributed by atoms with Gasteiger partial charge in [0.2, 0.25) is 0 Å². The number of esters is 1. The lowest BCUT2D eigenvalue weighted by Crippen LogP contribution is -2.11. The highest BCUT2D eigenvalue weighted by Crippen LogP contribution is 2.27. The molecule has 1 heterocycles. The summed E-state index contributed by atoms with van der Waals surface area (Å²) < 4.78 is 21.7. The fourth-order valence-corrected chi connectivity index (χ4v) is 2.52. The fraction of sp³-hybridized carbons (Fsp3) is 0.286. The van der Waals surface area contributed by atoms with Gasteiger partial charge in [-0.1, -0.05) is 12.1 Å². The molecule has 1 aromatic carbocycles. The number of benzene rings is 1. The van der Waals surface area contributed by atoms with Crippen molar-refractivity contribution in [1.82, 2.24) is 4.37 Å². The van der Waals surface area contributed by atoms with Gasteiger partial charge in [-0.05, 0) is 42.6 Å². The van der Waals surface area contributed by atoms with Gasteiger partial charge in [0.1, 0.15) is 16.4 Å².